The van der Waals surface area contributed by atoms with Crippen molar-refractivity contribution in [3.05, 3.63) is 71.4 Å². The third-order valence-corrected chi connectivity index (χ3v) is 6.07. The van der Waals surface area contributed by atoms with Crippen LogP contribution in [0, 0.1) is 26.0 Å². The summed E-state index contributed by atoms with van der Waals surface area (Å²) in [5.41, 5.74) is -0.424. The van der Waals surface area contributed by atoms with Crippen molar-refractivity contribution < 1.29 is 31.8 Å². The molecule has 200 valence electrons. The van der Waals surface area contributed by atoms with Gasteiger partial charge in [0, 0.05) is 46.9 Å². The Morgan fingerprint density at radius 1 is 0.806 bits per heavy atom. The number of hydrogen-bond acceptors (Lipinski definition) is 5. The van der Waals surface area contributed by atoms with Gasteiger partial charge in [-0.2, -0.15) is 4.39 Å². The number of alkyl halides is 4. The number of nitrogens with zero attached hydrogens (tertiary/aromatic N) is 3. The van der Waals surface area contributed by atoms with E-state index < -0.39 is 39.7 Å². The van der Waals surface area contributed by atoms with Crippen LogP contribution in [0.4, 0.5) is 39.0 Å². The zero-order chi connectivity index (χ0) is 26.4. The summed E-state index contributed by atoms with van der Waals surface area (Å²) in [6.45, 7) is -0.328. The smallest absolute Gasteiger partial charge is 0.305 e. The molecule has 0 spiro atoms. The summed E-state index contributed by atoms with van der Waals surface area (Å²) in [4.78, 5) is 21.0. The molecular weight excluding hydrogens is 648 g/mol. The van der Waals surface area contributed by atoms with E-state index >= 15 is 0 Å². The quantitative estimate of drug-likeness (QED) is 0.186. The van der Waals surface area contributed by atoms with Crippen LogP contribution < -0.4 is 4.90 Å². The van der Waals surface area contributed by atoms with Crippen LogP contribution in [0.25, 0.3) is 0 Å². The Hall–Kier alpha value is -2.06. The second kappa shape index (κ2) is 13.5. The Morgan fingerprint density at radius 3 is 1.69 bits per heavy atom. The van der Waals surface area contributed by atoms with Gasteiger partial charge in [-0.1, -0.05) is 31.9 Å². The van der Waals surface area contributed by atoms with Crippen LogP contribution in [-0.2, 0) is 0 Å². The van der Waals surface area contributed by atoms with Gasteiger partial charge >= 0.3 is 5.69 Å². The highest BCUT2D eigenvalue weighted by Gasteiger charge is 2.40. The van der Waals surface area contributed by atoms with E-state index in [9.17, 15) is 42.2 Å². The van der Waals surface area contributed by atoms with E-state index in [0.29, 0.717) is 21.8 Å². The fourth-order valence-electron chi connectivity index (χ4n) is 3.37. The number of benzene rings is 2. The molecule has 0 amide bonds. The van der Waals surface area contributed by atoms with E-state index in [4.69, 9.17) is 0 Å². The second-order valence-electron chi connectivity index (χ2n) is 7.83. The molecule has 36 heavy (non-hydrogen) atoms. The molecule has 7 nitrogen and oxygen atoms in total. The van der Waals surface area contributed by atoms with Gasteiger partial charge in [-0.15, -0.1) is 12.4 Å². The van der Waals surface area contributed by atoms with Crippen LogP contribution in [0.1, 0.15) is 32.1 Å². The summed E-state index contributed by atoms with van der Waals surface area (Å²) in [6.07, 6.45) is 1.40. The van der Waals surface area contributed by atoms with Crippen molar-refractivity contribution in [1.82, 2.24) is 0 Å². The number of halogens is 8. The highest BCUT2D eigenvalue weighted by atomic mass is 79.9. The lowest BCUT2D eigenvalue weighted by atomic mass is 10.2. The molecule has 1 aliphatic heterocycles. The zero-order valence-electron chi connectivity index (χ0n) is 18.4. The van der Waals surface area contributed by atoms with Gasteiger partial charge in [0.25, 0.3) is 11.6 Å². The van der Waals surface area contributed by atoms with Crippen LogP contribution in [-0.4, -0.2) is 34.8 Å². The summed E-state index contributed by atoms with van der Waals surface area (Å²) in [6, 6.07) is 7.99. The fourth-order valence-corrected chi connectivity index (χ4v) is 4.07. The van der Waals surface area contributed by atoms with Gasteiger partial charge in [-0.25, -0.2) is 17.6 Å². The summed E-state index contributed by atoms with van der Waals surface area (Å²) in [5.74, 6) is -5.89. The van der Waals surface area contributed by atoms with Crippen molar-refractivity contribution in [3.8, 4) is 0 Å². The van der Waals surface area contributed by atoms with Crippen molar-refractivity contribution in [2.75, 3.05) is 18.0 Å². The zero-order valence-corrected chi connectivity index (χ0v) is 22.4. The standard InChI is InChI=1S/C10H9BrF2N2O2.C6H3BrFNO2.C5H8F2.ClH/c11-7-1-2-8(9(5-7)15(16)17)14-4-3-10(12,13)6-14;7-4-1-2-5(8)6(3-4)9(10)11;6-5(7)3-1-2-4-5;/h1-2,5H,3-4,6H2;1-3H;1-4H2;1H. The maximum atomic E-state index is 13.1. The van der Waals surface area contributed by atoms with E-state index in [1.807, 2.05) is 0 Å². The van der Waals surface area contributed by atoms with Gasteiger partial charge in [-0.3, -0.25) is 20.2 Å². The van der Waals surface area contributed by atoms with Crippen molar-refractivity contribution in [2.45, 2.75) is 43.9 Å². The molecule has 0 aromatic heterocycles. The molecule has 0 atom stereocenters. The van der Waals surface area contributed by atoms with E-state index in [1.165, 1.54) is 23.1 Å². The second-order valence-corrected chi connectivity index (χ2v) is 9.66. The molecule has 2 aromatic carbocycles. The summed E-state index contributed by atoms with van der Waals surface area (Å²) < 4.78 is 63.6. The van der Waals surface area contributed by atoms with Gasteiger partial charge in [0.2, 0.25) is 11.7 Å². The first-order valence-corrected chi connectivity index (χ1v) is 11.8. The number of anilines is 1. The lowest BCUT2D eigenvalue weighted by molar-refractivity contribution is -0.387. The Balaban J connectivity index is 0.000000293. The first-order chi connectivity index (χ1) is 16.2. The number of rotatable bonds is 3. The van der Waals surface area contributed by atoms with Crippen molar-refractivity contribution in [3.63, 3.8) is 0 Å². The maximum Gasteiger partial charge on any atom is 0.305 e. The average molecular weight is 670 g/mol. The molecule has 0 unspecified atom stereocenters. The van der Waals surface area contributed by atoms with Crippen LogP contribution in [0.5, 0.6) is 0 Å². The van der Waals surface area contributed by atoms with Crippen LogP contribution >= 0.6 is 44.3 Å². The lowest BCUT2D eigenvalue weighted by Gasteiger charge is -2.18. The molecule has 1 heterocycles. The number of nitro benzene ring substituents is 2. The molecular formula is C21H21Br2ClF5N3O4. The molecule has 1 aliphatic carbocycles. The monoisotopic (exact) mass is 667 g/mol. The molecule has 0 radical (unpaired) electrons. The first kappa shape index (κ1) is 32.0. The minimum atomic E-state index is -2.76. The largest absolute Gasteiger partial charge is 0.360 e. The van der Waals surface area contributed by atoms with Crippen molar-refractivity contribution in [2.24, 2.45) is 0 Å². The van der Waals surface area contributed by atoms with E-state index in [1.54, 1.807) is 6.07 Å². The van der Waals surface area contributed by atoms with Gasteiger partial charge in [0.15, 0.2) is 0 Å². The van der Waals surface area contributed by atoms with E-state index in [-0.39, 0.29) is 49.6 Å². The Labute approximate surface area is 226 Å². The highest BCUT2D eigenvalue weighted by molar-refractivity contribution is 9.10. The summed E-state index contributed by atoms with van der Waals surface area (Å²) in [7, 11) is 0. The lowest BCUT2D eigenvalue weighted by Crippen LogP contribution is -2.25. The normalized spacial score (nSPS) is 17.1. The third kappa shape index (κ3) is 9.77. The molecule has 2 aliphatic rings. The molecule has 2 aromatic rings. The first-order valence-electron chi connectivity index (χ1n) is 10.2. The SMILES string of the molecule is Cl.FC1(F)CCCC1.O=[N+]([O-])c1cc(Br)ccc1F.O=[N+]([O-])c1cc(Br)ccc1N1CCC(F)(F)C1. The van der Waals surface area contributed by atoms with Crippen LogP contribution in [0.15, 0.2) is 45.3 Å². The minimum absolute atomic E-state index is 0. The molecule has 15 heteroatoms. The Morgan fingerprint density at radius 2 is 1.31 bits per heavy atom. The Kier molecular flexibility index (Phi) is 12.0. The van der Waals surface area contributed by atoms with Gasteiger partial charge < -0.3 is 4.90 Å². The number of nitro groups is 2. The van der Waals surface area contributed by atoms with E-state index in [0.717, 1.165) is 12.1 Å². The molecule has 1 saturated carbocycles. The van der Waals surface area contributed by atoms with Gasteiger partial charge in [0.05, 0.1) is 16.4 Å². The number of hydrogen-bond donors (Lipinski definition) is 0. The van der Waals surface area contributed by atoms with E-state index in [2.05, 4.69) is 31.9 Å². The predicted molar refractivity (Wildman–Crippen MR) is 134 cm³/mol. The van der Waals surface area contributed by atoms with Crippen LogP contribution in [0.2, 0.25) is 0 Å². The van der Waals surface area contributed by atoms with Gasteiger partial charge in [-0.05, 0) is 37.1 Å². The van der Waals surface area contributed by atoms with Crippen LogP contribution in [0.3, 0.4) is 0 Å². The Bertz CT molecular complexity index is 1070. The molecule has 2 fully saturated rings. The average Bonchev–Trinajstić information content (AvgIpc) is 3.34. The third-order valence-electron chi connectivity index (χ3n) is 5.08. The molecule has 4 rings (SSSR count). The fraction of sp³-hybridized carbons (Fsp3) is 0.429. The van der Waals surface area contributed by atoms with Crippen molar-refractivity contribution >= 4 is 61.3 Å². The minimum Gasteiger partial charge on any atom is -0.360 e. The van der Waals surface area contributed by atoms with Gasteiger partial charge in [0.1, 0.15) is 5.69 Å². The summed E-state index contributed by atoms with van der Waals surface area (Å²) >= 11 is 6.12. The maximum absolute atomic E-state index is 13.1. The summed E-state index contributed by atoms with van der Waals surface area (Å²) in [5, 5.41) is 21.0. The topological polar surface area (TPSA) is 89.5 Å². The molecule has 0 N–H and O–H groups in total. The highest BCUT2D eigenvalue weighted by Crippen LogP contribution is 2.37. The molecule has 1 saturated heterocycles. The van der Waals surface area contributed by atoms with Crippen molar-refractivity contribution in [1.29, 1.82) is 0 Å². The predicted octanol–water partition coefficient (Wildman–Crippen LogP) is 8.32. The molecule has 0 bridgehead atoms.